The number of H-pyrrole nitrogens is 2. The Kier molecular flexibility index (Phi) is 9.70. The highest BCUT2D eigenvalue weighted by molar-refractivity contribution is 6.25. The third-order valence-corrected chi connectivity index (χ3v) is 9.79. The van der Waals surface area contributed by atoms with Crippen LogP contribution in [0.2, 0.25) is 0 Å². The monoisotopic (exact) mass is 640 g/mol. The number of nitrogens with zero attached hydrogens (tertiary/aromatic N) is 2. The molecule has 10 nitrogen and oxygen atoms in total. The largest absolute Gasteiger partial charge is 0.469 e. The molecular formula is C37H44N4O6. The summed E-state index contributed by atoms with van der Waals surface area (Å²) in [6, 6.07) is 6.18. The lowest BCUT2D eigenvalue weighted by molar-refractivity contribution is -0.141. The van der Waals surface area contributed by atoms with Crippen molar-refractivity contribution in [3.63, 3.8) is 0 Å². The lowest BCUT2D eigenvalue weighted by Gasteiger charge is -2.18. The van der Waals surface area contributed by atoms with Crippen molar-refractivity contribution in [1.29, 1.82) is 0 Å². The Labute approximate surface area is 275 Å². The van der Waals surface area contributed by atoms with Crippen LogP contribution in [0.25, 0.3) is 33.2 Å². The van der Waals surface area contributed by atoms with Crippen LogP contribution >= 0.6 is 0 Å². The summed E-state index contributed by atoms with van der Waals surface area (Å²) in [5.74, 6) is -1.79. The maximum Gasteiger partial charge on any atom is 0.340 e. The Morgan fingerprint density at radius 2 is 1.36 bits per heavy atom. The Hall–Kier alpha value is -4.73. The van der Waals surface area contributed by atoms with Gasteiger partial charge in [-0.15, -0.1) is 0 Å². The highest BCUT2D eigenvalue weighted by Crippen LogP contribution is 2.44. The Bertz CT molecular complexity index is 1960. The van der Waals surface area contributed by atoms with E-state index in [0.29, 0.717) is 34.6 Å². The average molecular weight is 641 g/mol. The van der Waals surface area contributed by atoms with Crippen LogP contribution in [0.4, 0.5) is 0 Å². The SMILES string of the molecule is CCc1c(C)c2cc3[nH]c(cc4nc(c(CC(=O)OC)c5nc(cc1[nH]2)C(C)=C5C(=O)OC)[C@H](CCC(=O)OC)[C@H]4C)c(C)c3CC. The van der Waals surface area contributed by atoms with E-state index in [2.05, 4.69) is 56.7 Å². The maximum atomic E-state index is 13.4. The van der Waals surface area contributed by atoms with Gasteiger partial charge in [-0.05, 0) is 86.1 Å². The number of nitrogens with one attached hydrogen (secondary N) is 2. The molecule has 10 heteroatoms. The summed E-state index contributed by atoms with van der Waals surface area (Å²) in [7, 11) is 4.02. The molecule has 2 aliphatic heterocycles. The lowest BCUT2D eigenvalue weighted by atomic mass is 9.84. The molecule has 0 amide bonds. The second kappa shape index (κ2) is 13.6. The molecule has 0 fully saturated rings. The minimum absolute atomic E-state index is 0.123. The highest BCUT2D eigenvalue weighted by atomic mass is 16.5. The molecule has 0 saturated heterocycles. The van der Waals surface area contributed by atoms with Gasteiger partial charge in [0.15, 0.2) is 0 Å². The van der Waals surface area contributed by atoms with Crippen LogP contribution in [-0.2, 0) is 47.9 Å². The molecule has 3 aromatic rings. The third-order valence-electron chi connectivity index (χ3n) is 9.79. The van der Waals surface area contributed by atoms with Gasteiger partial charge in [0.05, 0.1) is 50.4 Å². The summed E-state index contributed by atoms with van der Waals surface area (Å²) >= 11 is 0. The van der Waals surface area contributed by atoms with Crippen molar-refractivity contribution < 1.29 is 28.6 Å². The number of carbonyl (C=O) groups excluding carboxylic acids is 3. The van der Waals surface area contributed by atoms with E-state index in [-0.39, 0.29) is 36.2 Å². The van der Waals surface area contributed by atoms with Crippen LogP contribution in [0.15, 0.2) is 18.2 Å². The van der Waals surface area contributed by atoms with Crippen molar-refractivity contribution in [1.82, 2.24) is 19.9 Å². The van der Waals surface area contributed by atoms with E-state index in [0.717, 1.165) is 57.3 Å². The van der Waals surface area contributed by atoms with Crippen LogP contribution in [0.5, 0.6) is 0 Å². The third kappa shape index (κ3) is 6.08. The van der Waals surface area contributed by atoms with E-state index in [1.807, 2.05) is 13.0 Å². The van der Waals surface area contributed by atoms with Crippen molar-refractivity contribution in [3.8, 4) is 0 Å². The minimum atomic E-state index is -0.563. The van der Waals surface area contributed by atoms with Crippen LogP contribution in [-0.4, -0.2) is 59.2 Å². The standard InChI is InChI=1S/C37H44N4O6/c1-10-22-18(3)26-15-28-20(5)24(12-13-32(42)45-7)35(40-28)25(14-33(43)46-8)36-34(37(44)47-9)21(6)29(41-36)17-31-23(11-2)19(4)27(39-31)16-30(22)38-26/h15-17,20,24,38-39H,10-14H2,1-9H3/t20-,24-/m1/s1. The molecule has 5 rings (SSSR count). The molecule has 2 aliphatic rings. The van der Waals surface area contributed by atoms with Gasteiger partial charge in [0.2, 0.25) is 0 Å². The summed E-state index contributed by atoms with van der Waals surface area (Å²) in [5.41, 5.74) is 12.2. The number of aromatic amines is 2. The first-order valence-electron chi connectivity index (χ1n) is 16.2. The molecule has 248 valence electrons. The lowest BCUT2D eigenvalue weighted by Crippen LogP contribution is -2.15. The zero-order valence-corrected chi connectivity index (χ0v) is 28.8. The van der Waals surface area contributed by atoms with Gasteiger partial charge < -0.3 is 24.2 Å². The van der Waals surface area contributed by atoms with E-state index in [9.17, 15) is 14.4 Å². The molecule has 3 aromatic heterocycles. The molecule has 2 N–H and O–H groups in total. The molecule has 2 atom stereocenters. The fourth-order valence-corrected chi connectivity index (χ4v) is 7.01. The fraction of sp³-hybridized carbons (Fsp3) is 0.432. The molecule has 0 saturated carbocycles. The summed E-state index contributed by atoms with van der Waals surface area (Å²) in [6.45, 7) is 12.4. The average Bonchev–Trinajstić information content (AvgIpc) is 3.74. The molecule has 47 heavy (non-hydrogen) atoms. The molecule has 0 spiro atoms. The smallest absolute Gasteiger partial charge is 0.340 e. The second-order valence-corrected chi connectivity index (χ2v) is 12.3. The van der Waals surface area contributed by atoms with E-state index in [1.54, 1.807) is 0 Å². The zero-order chi connectivity index (χ0) is 34.2. The molecule has 0 radical (unpaired) electrons. The van der Waals surface area contributed by atoms with Gasteiger partial charge in [-0.2, -0.15) is 0 Å². The van der Waals surface area contributed by atoms with Crippen molar-refractivity contribution in [2.75, 3.05) is 21.3 Å². The first-order chi connectivity index (χ1) is 22.5. The van der Waals surface area contributed by atoms with Crippen molar-refractivity contribution in [3.05, 3.63) is 68.8 Å². The number of hydrogen-bond donors (Lipinski definition) is 2. The van der Waals surface area contributed by atoms with Gasteiger partial charge in [0.1, 0.15) is 0 Å². The summed E-state index contributed by atoms with van der Waals surface area (Å²) < 4.78 is 15.4. The first-order valence-corrected chi connectivity index (χ1v) is 16.2. The number of fused-ring (bicyclic) bond motifs is 8. The van der Waals surface area contributed by atoms with Gasteiger partial charge in [-0.1, -0.05) is 20.8 Å². The van der Waals surface area contributed by atoms with Gasteiger partial charge in [-0.25, -0.2) is 9.78 Å². The zero-order valence-electron chi connectivity index (χ0n) is 28.8. The van der Waals surface area contributed by atoms with Crippen molar-refractivity contribution in [2.24, 2.45) is 0 Å². The Morgan fingerprint density at radius 3 is 1.94 bits per heavy atom. The molecule has 0 aromatic carbocycles. The normalized spacial score (nSPS) is 15.9. The summed E-state index contributed by atoms with van der Waals surface area (Å²) in [4.78, 5) is 56.3. The van der Waals surface area contributed by atoms with Gasteiger partial charge in [0, 0.05) is 51.6 Å². The topological polar surface area (TPSA) is 136 Å². The number of ether oxygens (including phenoxy) is 3. The molecule has 0 unspecified atom stereocenters. The van der Waals surface area contributed by atoms with Gasteiger partial charge in [-0.3, -0.25) is 14.6 Å². The highest BCUT2D eigenvalue weighted by Gasteiger charge is 2.36. The van der Waals surface area contributed by atoms with Gasteiger partial charge in [0.25, 0.3) is 0 Å². The van der Waals surface area contributed by atoms with Crippen LogP contribution in [0, 0.1) is 13.8 Å². The van der Waals surface area contributed by atoms with Crippen LogP contribution in [0.1, 0.15) is 103 Å². The number of hydrogen-bond acceptors (Lipinski definition) is 8. The van der Waals surface area contributed by atoms with E-state index in [4.69, 9.17) is 24.2 Å². The number of methoxy groups -OCH3 is 3. The van der Waals surface area contributed by atoms with Gasteiger partial charge >= 0.3 is 17.9 Å². The molecule has 0 aliphatic carbocycles. The molecular weight excluding hydrogens is 596 g/mol. The van der Waals surface area contributed by atoms with E-state index >= 15 is 0 Å². The number of allylic oxidation sites excluding steroid dienone is 1. The number of esters is 3. The van der Waals surface area contributed by atoms with Crippen molar-refractivity contribution in [2.45, 2.75) is 85.5 Å². The number of aromatic nitrogens is 4. The van der Waals surface area contributed by atoms with Crippen molar-refractivity contribution >= 4 is 51.1 Å². The predicted molar refractivity (Wildman–Crippen MR) is 182 cm³/mol. The number of rotatable bonds is 8. The van der Waals surface area contributed by atoms with Crippen LogP contribution < -0.4 is 0 Å². The molecule has 5 heterocycles. The first kappa shape index (κ1) is 33.6. The predicted octanol–water partition coefficient (Wildman–Crippen LogP) is 6.72. The maximum absolute atomic E-state index is 13.4. The van der Waals surface area contributed by atoms with E-state index in [1.165, 1.54) is 26.9 Å². The quantitative estimate of drug-likeness (QED) is 0.205. The number of carbonyl (C=O) groups is 3. The number of aryl methyl sites for hydroxylation is 4. The van der Waals surface area contributed by atoms with E-state index < -0.39 is 11.9 Å². The second-order valence-electron chi connectivity index (χ2n) is 12.3. The fourth-order valence-electron chi connectivity index (χ4n) is 7.01. The molecule has 8 bridgehead atoms. The van der Waals surface area contributed by atoms with Crippen LogP contribution in [0.3, 0.4) is 0 Å². The summed E-state index contributed by atoms with van der Waals surface area (Å²) in [5, 5.41) is 0. The Balaban J connectivity index is 2.02. The Morgan fingerprint density at radius 1 is 0.766 bits per heavy atom. The summed E-state index contributed by atoms with van der Waals surface area (Å²) in [6.07, 6.45) is 2.05. The minimum Gasteiger partial charge on any atom is -0.469 e.